The van der Waals surface area contributed by atoms with Gasteiger partial charge < -0.3 is 0 Å². The number of rotatable bonds is 4. The van der Waals surface area contributed by atoms with Crippen LogP contribution in [-0.2, 0) is 0 Å². The highest BCUT2D eigenvalue weighted by atomic mass is 127. The molecule has 0 heterocycles. The first-order chi connectivity index (χ1) is 7.99. The molecule has 0 aromatic rings. The molecule has 17 heavy (non-hydrogen) atoms. The first kappa shape index (κ1) is 14.2. The molecule has 1 aliphatic rings. The number of hydrogen-bond acceptors (Lipinski definition) is 0. The second kappa shape index (κ2) is 6.20. The fourth-order valence-electron chi connectivity index (χ4n) is 1.92. The van der Waals surface area contributed by atoms with E-state index in [-0.39, 0.29) is 5.41 Å². The molecular formula is C16H19I. The SMILES string of the molecule is C=C/C=C\C1=CC(C)(C)/C(=C/C(I)=C\C=C)C1. The van der Waals surface area contributed by atoms with Gasteiger partial charge in [-0.3, -0.25) is 0 Å². The van der Waals surface area contributed by atoms with Crippen molar-refractivity contribution in [3.8, 4) is 0 Å². The molecule has 0 nitrogen and oxygen atoms in total. The Labute approximate surface area is 118 Å². The lowest BCUT2D eigenvalue weighted by Gasteiger charge is -2.18. The number of allylic oxidation sites excluding steroid dienone is 10. The van der Waals surface area contributed by atoms with E-state index >= 15 is 0 Å². The Morgan fingerprint density at radius 2 is 2.06 bits per heavy atom. The van der Waals surface area contributed by atoms with Crippen LogP contribution in [0.25, 0.3) is 0 Å². The summed E-state index contributed by atoms with van der Waals surface area (Å²) >= 11 is 2.34. The van der Waals surface area contributed by atoms with Crippen LogP contribution in [0.15, 0.2) is 70.4 Å². The molecule has 0 saturated carbocycles. The Morgan fingerprint density at radius 3 is 2.65 bits per heavy atom. The lowest BCUT2D eigenvalue weighted by atomic mass is 9.87. The number of hydrogen-bond donors (Lipinski definition) is 0. The van der Waals surface area contributed by atoms with Crippen molar-refractivity contribution in [3.05, 3.63) is 70.4 Å². The molecule has 0 bridgehead atoms. The first-order valence-corrected chi connectivity index (χ1v) is 6.77. The molecule has 0 spiro atoms. The van der Waals surface area contributed by atoms with Gasteiger partial charge in [-0.1, -0.05) is 63.0 Å². The monoisotopic (exact) mass is 338 g/mol. The van der Waals surface area contributed by atoms with Crippen molar-refractivity contribution in [3.63, 3.8) is 0 Å². The van der Waals surface area contributed by atoms with Crippen molar-refractivity contribution in [1.29, 1.82) is 0 Å². The van der Waals surface area contributed by atoms with E-state index in [0.717, 1.165) is 6.42 Å². The fraction of sp³-hybridized carbons (Fsp3) is 0.250. The highest BCUT2D eigenvalue weighted by Crippen LogP contribution is 2.41. The summed E-state index contributed by atoms with van der Waals surface area (Å²) in [5.41, 5.74) is 2.96. The maximum atomic E-state index is 3.72. The van der Waals surface area contributed by atoms with Crippen molar-refractivity contribution >= 4 is 22.6 Å². The molecule has 0 fully saturated rings. The Hall–Kier alpha value is -0.830. The lowest BCUT2D eigenvalue weighted by molar-refractivity contribution is 0.592. The van der Waals surface area contributed by atoms with Crippen LogP contribution < -0.4 is 0 Å². The van der Waals surface area contributed by atoms with Crippen molar-refractivity contribution in [2.24, 2.45) is 5.41 Å². The van der Waals surface area contributed by atoms with Crippen LogP contribution in [0.4, 0.5) is 0 Å². The Kier molecular flexibility index (Phi) is 5.19. The van der Waals surface area contributed by atoms with Crippen LogP contribution in [0, 0.1) is 5.41 Å². The van der Waals surface area contributed by atoms with E-state index in [0.29, 0.717) is 0 Å². The zero-order valence-corrected chi connectivity index (χ0v) is 12.7. The van der Waals surface area contributed by atoms with Gasteiger partial charge in [0.15, 0.2) is 0 Å². The molecule has 90 valence electrons. The van der Waals surface area contributed by atoms with Gasteiger partial charge in [-0.15, -0.1) is 0 Å². The van der Waals surface area contributed by atoms with Gasteiger partial charge >= 0.3 is 0 Å². The van der Waals surface area contributed by atoms with E-state index in [4.69, 9.17) is 0 Å². The minimum absolute atomic E-state index is 0.145. The van der Waals surface area contributed by atoms with E-state index in [2.05, 4.69) is 67.8 Å². The summed E-state index contributed by atoms with van der Waals surface area (Å²) in [5.74, 6) is 0. The molecule has 0 radical (unpaired) electrons. The molecule has 0 aromatic carbocycles. The van der Waals surface area contributed by atoms with Crippen LogP contribution in [0.2, 0.25) is 0 Å². The maximum Gasteiger partial charge on any atom is 0.0130 e. The zero-order chi connectivity index (χ0) is 12.9. The third-order valence-electron chi connectivity index (χ3n) is 2.80. The average molecular weight is 338 g/mol. The quantitative estimate of drug-likeness (QED) is 0.468. The van der Waals surface area contributed by atoms with Crippen molar-refractivity contribution in [2.45, 2.75) is 20.3 Å². The Morgan fingerprint density at radius 1 is 1.35 bits per heavy atom. The highest BCUT2D eigenvalue weighted by molar-refractivity contribution is 14.1. The summed E-state index contributed by atoms with van der Waals surface area (Å²) in [5, 5.41) is 0. The molecule has 1 rings (SSSR count). The van der Waals surface area contributed by atoms with E-state index in [1.807, 2.05) is 24.3 Å². The predicted octanol–water partition coefficient (Wildman–Crippen LogP) is 5.52. The summed E-state index contributed by atoms with van der Waals surface area (Å²) < 4.78 is 1.23. The van der Waals surface area contributed by atoms with Crippen LogP contribution >= 0.6 is 22.6 Å². The largest absolute Gasteiger partial charge is 0.0991 e. The fourth-order valence-corrected chi connectivity index (χ4v) is 2.55. The molecule has 1 aliphatic carbocycles. The molecule has 1 heteroatoms. The molecule has 0 atom stereocenters. The Bertz CT molecular complexity index is 428. The van der Waals surface area contributed by atoms with Gasteiger partial charge in [0, 0.05) is 8.99 Å². The molecule has 0 aliphatic heterocycles. The summed E-state index contributed by atoms with van der Waals surface area (Å²) in [7, 11) is 0. The van der Waals surface area contributed by atoms with E-state index in [1.54, 1.807) is 0 Å². The normalized spacial score (nSPS) is 21.9. The van der Waals surface area contributed by atoms with Crippen LogP contribution in [0.1, 0.15) is 20.3 Å². The predicted molar refractivity (Wildman–Crippen MR) is 86.2 cm³/mol. The van der Waals surface area contributed by atoms with Crippen molar-refractivity contribution < 1.29 is 0 Å². The van der Waals surface area contributed by atoms with Gasteiger partial charge in [-0.25, -0.2) is 0 Å². The van der Waals surface area contributed by atoms with E-state index in [1.165, 1.54) is 14.7 Å². The van der Waals surface area contributed by atoms with Gasteiger partial charge in [-0.2, -0.15) is 0 Å². The standard InChI is InChI=1S/C16H19I/c1-5-7-9-13-10-14(16(3,4)12-13)11-15(17)8-6-2/h5-9,11-12H,1-2,10H2,3-4H3/b9-7-,14-11+,15-8+. The molecule has 0 N–H and O–H groups in total. The van der Waals surface area contributed by atoms with Gasteiger partial charge in [0.25, 0.3) is 0 Å². The second-order valence-electron chi connectivity index (χ2n) is 4.67. The third-order valence-corrected chi connectivity index (χ3v) is 3.48. The summed E-state index contributed by atoms with van der Waals surface area (Å²) in [6, 6.07) is 0. The second-order valence-corrected chi connectivity index (χ2v) is 5.91. The smallest absolute Gasteiger partial charge is 0.0130 e. The lowest BCUT2D eigenvalue weighted by Crippen LogP contribution is -2.05. The summed E-state index contributed by atoms with van der Waals surface area (Å²) in [6.45, 7) is 11.9. The summed E-state index contributed by atoms with van der Waals surface area (Å²) in [4.78, 5) is 0. The topological polar surface area (TPSA) is 0 Å². The van der Waals surface area contributed by atoms with Gasteiger partial charge in [-0.05, 0) is 46.7 Å². The molecule has 0 unspecified atom stereocenters. The molecule has 0 saturated heterocycles. The first-order valence-electron chi connectivity index (χ1n) is 5.69. The van der Waals surface area contributed by atoms with E-state index in [9.17, 15) is 0 Å². The average Bonchev–Trinajstić information content (AvgIpc) is 2.51. The van der Waals surface area contributed by atoms with Crippen LogP contribution in [0.5, 0.6) is 0 Å². The minimum Gasteiger partial charge on any atom is -0.0991 e. The highest BCUT2D eigenvalue weighted by Gasteiger charge is 2.27. The van der Waals surface area contributed by atoms with Gasteiger partial charge in [0.05, 0.1) is 0 Å². The van der Waals surface area contributed by atoms with E-state index < -0.39 is 0 Å². The summed E-state index contributed by atoms with van der Waals surface area (Å²) in [6.07, 6.45) is 15.4. The zero-order valence-electron chi connectivity index (χ0n) is 10.5. The Balaban J connectivity index is 2.94. The molecular weight excluding hydrogens is 319 g/mol. The van der Waals surface area contributed by atoms with Crippen LogP contribution in [0.3, 0.4) is 0 Å². The van der Waals surface area contributed by atoms with Crippen molar-refractivity contribution in [2.75, 3.05) is 0 Å². The molecule has 0 amide bonds. The number of halogens is 1. The van der Waals surface area contributed by atoms with Gasteiger partial charge in [0.1, 0.15) is 0 Å². The minimum atomic E-state index is 0.145. The molecule has 0 aromatic heterocycles. The van der Waals surface area contributed by atoms with Crippen LogP contribution in [-0.4, -0.2) is 0 Å². The maximum absolute atomic E-state index is 3.72. The third kappa shape index (κ3) is 4.15. The van der Waals surface area contributed by atoms with Gasteiger partial charge in [0.2, 0.25) is 0 Å². The van der Waals surface area contributed by atoms with Crippen molar-refractivity contribution in [1.82, 2.24) is 0 Å².